The molecule has 20 heavy (non-hydrogen) atoms. The standard InChI is InChI=1S/C14H28N2O4/c1-13(2,7-6-11(17)18)8-9-15-12(19)16-10-14(3,4)20-5/h6-10H2,1-5H3,(H,17,18)(H2,15,16,19). The van der Waals surface area contributed by atoms with Gasteiger partial charge in [0.2, 0.25) is 0 Å². The highest BCUT2D eigenvalue weighted by molar-refractivity contribution is 5.73. The van der Waals surface area contributed by atoms with Gasteiger partial charge in [-0.05, 0) is 32.1 Å². The van der Waals surface area contributed by atoms with Crippen LogP contribution in [0.3, 0.4) is 0 Å². The highest BCUT2D eigenvalue weighted by Crippen LogP contribution is 2.25. The van der Waals surface area contributed by atoms with E-state index in [1.165, 1.54) is 0 Å². The lowest BCUT2D eigenvalue weighted by atomic mass is 9.84. The molecule has 0 aliphatic carbocycles. The molecule has 0 saturated heterocycles. The van der Waals surface area contributed by atoms with Crippen LogP contribution in [0.25, 0.3) is 0 Å². The fraction of sp³-hybridized carbons (Fsp3) is 0.857. The number of aliphatic carboxylic acids is 1. The second-order valence-electron chi connectivity index (χ2n) is 6.38. The Hall–Kier alpha value is -1.30. The van der Waals surface area contributed by atoms with Gasteiger partial charge in [-0.25, -0.2) is 4.79 Å². The third-order valence-corrected chi connectivity index (χ3v) is 3.33. The van der Waals surface area contributed by atoms with E-state index in [4.69, 9.17) is 9.84 Å². The van der Waals surface area contributed by atoms with Crippen LogP contribution >= 0.6 is 0 Å². The number of carbonyl (C=O) groups excluding carboxylic acids is 1. The molecule has 0 aliphatic rings. The average Bonchev–Trinajstić information content (AvgIpc) is 2.34. The summed E-state index contributed by atoms with van der Waals surface area (Å²) in [5, 5.41) is 14.2. The van der Waals surface area contributed by atoms with Gasteiger partial charge in [-0.2, -0.15) is 0 Å². The number of carbonyl (C=O) groups is 2. The summed E-state index contributed by atoms with van der Waals surface area (Å²) in [6.45, 7) is 8.74. The highest BCUT2D eigenvalue weighted by Gasteiger charge is 2.20. The Kier molecular flexibility index (Phi) is 7.57. The predicted molar refractivity (Wildman–Crippen MR) is 77.8 cm³/mol. The van der Waals surface area contributed by atoms with Crippen molar-refractivity contribution in [1.29, 1.82) is 0 Å². The van der Waals surface area contributed by atoms with Crippen molar-refractivity contribution in [2.45, 2.75) is 52.6 Å². The fourth-order valence-electron chi connectivity index (χ4n) is 1.51. The summed E-state index contributed by atoms with van der Waals surface area (Å²) < 4.78 is 5.20. The number of hydrogen-bond acceptors (Lipinski definition) is 3. The Morgan fingerprint density at radius 3 is 2.20 bits per heavy atom. The number of carboxylic acids is 1. The molecule has 0 spiro atoms. The van der Waals surface area contributed by atoms with Crippen molar-refractivity contribution in [2.75, 3.05) is 20.2 Å². The maximum absolute atomic E-state index is 11.6. The second-order valence-corrected chi connectivity index (χ2v) is 6.38. The molecule has 0 aromatic heterocycles. The molecule has 3 N–H and O–H groups in total. The summed E-state index contributed by atoms with van der Waals surface area (Å²) in [4.78, 5) is 22.1. The van der Waals surface area contributed by atoms with Gasteiger partial charge in [0, 0.05) is 26.6 Å². The van der Waals surface area contributed by atoms with Gasteiger partial charge in [-0.3, -0.25) is 4.79 Å². The van der Waals surface area contributed by atoms with E-state index in [1.807, 2.05) is 27.7 Å². The SMILES string of the molecule is COC(C)(C)CNC(=O)NCCC(C)(C)CCC(=O)O. The van der Waals surface area contributed by atoms with Gasteiger partial charge in [0.15, 0.2) is 0 Å². The zero-order chi connectivity index (χ0) is 15.8. The maximum Gasteiger partial charge on any atom is 0.314 e. The molecule has 2 amide bonds. The summed E-state index contributed by atoms with van der Waals surface area (Å²) in [5.41, 5.74) is -0.491. The summed E-state index contributed by atoms with van der Waals surface area (Å²) in [5.74, 6) is -0.787. The quantitative estimate of drug-likeness (QED) is 0.605. The first-order valence-electron chi connectivity index (χ1n) is 6.87. The third-order valence-electron chi connectivity index (χ3n) is 3.33. The van der Waals surface area contributed by atoms with E-state index in [9.17, 15) is 9.59 Å². The first kappa shape index (κ1) is 18.7. The molecule has 0 bridgehead atoms. The number of rotatable bonds is 9. The molecule has 0 aromatic carbocycles. The van der Waals surface area contributed by atoms with E-state index >= 15 is 0 Å². The van der Waals surface area contributed by atoms with Gasteiger partial charge in [0.25, 0.3) is 0 Å². The zero-order valence-corrected chi connectivity index (χ0v) is 13.2. The van der Waals surface area contributed by atoms with Crippen LogP contribution in [0.1, 0.15) is 47.0 Å². The Labute approximate surface area is 121 Å². The predicted octanol–water partition coefficient (Wildman–Crippen LogP) is 1.99. The second kappa shape index (κ2) is 8.09. The molecule has 6 heteroatoms. The number of ether oxygens (including phenoxy) is 1. The van der Waals surface area contributed by atoms with Crippen molar-refractivity contribution in [3.63, 3.8) is 0 Å². The summed E-state index contributed by atoms with van der Waals surface area (Å²) in [7, 11) is 1.60. The molecule has 0 aromatic rings. The molecule has 0 aliphatic heterocycles. The van der Waals surface area contributed by atoms with E-state index in [1.54, 1.807) is 7.11 Å². The lowest BCUT2D eigenvalue weighted by molar-refractivity contribution is -0.137. The van der Waals surface area contributed by atoms with Crippen molar-refractivity contribution in [1.82, 2.24) is 10.6 Å². The zero-order valence-electron chi connectivity index (χ0n) is 13.2. The Morgan fingerprint density at radius 1 is 1.10 bits per heavy atom. The number of amides is 2. The first-order chi connectivity index (χ1) is 9.08. The van der Waals surface area contributed by atoms with Gasteiger partial charge >= 0.3 is 12.0 Å². The number of hydrogen-bond donors (Lipinski definition) is 3. The fourth-order valence-corrected chi connectivity index (χ4v) is 1.51. The Morgan fingerprint density at radius 2 is 1.70 bits per heavy atom. The van der Waals surface area contributed by atoms with Crippen LogP contribution in [0.4, 0.5) is 4.79 Å². The molecular weight excluding hydrogens is 260 g/mol. The lowest BCUT2D eigenvalue weighted by Crippen LogP contribution is -2.44. The van der Waals surface area contributed by atoms with Gasteiger partial charge in [-0.1, -0.05) is 13.8 Å². The molecule has 0 saturated carbocycles. The average molecular weight is 288 g/mol. The van der Waals surface area contributed by atoms with Crippen molar-refractivity contribution in [2.24, 2.45) is 5.41 Å². The maximum atomic E-state index is 11.6. The van der Waals surface area contributed by atoms with Crippen molar-refractivity contribution < 1.29 is 19.4 Å². The number of methoxy groups -OCH3 is 1. The minimum Gasteiger partial charge on any atom is -0.481 e. The topological polar surface area (TPSA) is 87.7 Å². The van der Waals surface area contributed by atoms with Crippen molar-refractivity contribution in [3.8, 4) is 0 Å². The monoisotopic (exact) mass is 288 g/mol. The molecule has 118 valence electrons. The van der Waals surface area contributed by atoms with Crippen LogP contribution in [0, 0.1) is 5.41 Å². The molecule has 0 radical (unpaired) electrons. The van der Waals surface area contributed by atoms with Crippen LogP contribution in [-0.2, 0) is 9.53 Å². The Balaban J connectivity index is 3.88. The van der Waals surface area contributed by atoms with Gasteiger partial charge in [-0.15, -0.1) is 0 Å². The van der Waals surface area contributed by atoms with Gasteiger partial charge in [0.05, 0.1) is 5.60 Å². The third kappa shape index (κ3) is 9.61. The summed E-state index contributed by atoms with van der Waals surface area (Å²) >= 11 is 0. The molecule has 0 rings (SSSR count). The molecule has 0 unspecified atom stereocenters. The van der Waals surface area contributed by atoms with Crippen LogP contribution < -0.4 is 10.6 Å². The minimum atomic E-state index is -0.787. The molecular formula is C14H28N2O4. The van der Waals surface area contributed by atoms with Crippen LogP contribution in [0.5, 0.6) is 0 Å². The number of nitrogens with one attached hydrogen (secondary N) is 2. The van der Waals surface area contributed by atoms with E-state index in [0.717, 1.165) is 6.42 Å². The van der Waals surface area contributed by atoms with E-state index in [2.05, 4.69) is 10.6 Å². The van der Waals surface area contributed by atoms with Crippen LogP contribution in [0.15, 0.2) is 0 Å². The first-order valence-corrected chi connectivity index (χ1v) is 6.87. The van der Waals surface area contributed by atoms with Gasteiger partial charge < -0.3 is 20.5 Å². The van der Waals surface area contributed by atoms with Gasteiger partial charge in [0.1, 0.15) is 0 Å². The highest BCUT2D eigenvalue weighted by atomic mass is 16.5. The number of urea groups is 1. The minimum absolute atomic E-state index is 0.0997. The van der Waals surface area contributed by atoms with E-state index in [-0.39, 0.29) is 17.9 Å². The summed E-state index contributed by atoms with van der Waals surface area (Å²) in [6.07, 6.45) is 1.49. The smallest absolute Gasteiger partial charge is 0.314 e. The van der Waals surface area contributed by atoms with Crippen molar-refractivity contribution in [3.05, 3.63) is 0 Å². The van der Waals surface area contributed by atoms with Crippen LogP contribution in [-0.4, -0.2) is 42.9 Å². The molecule has 0 atom stereocenters. The van der Waals surface area contributed by atoms with Crippen molar-refractivity contribution >= 4 is 12.0 Å². The molecule has 6 nitrogen and oxygen atoms in total. The summed E-state index contributed by atoms with van der Waals surface area (Å²) in [6, 6.07) is -0.232. The van der Waals surface area contributed by atoms with E-state index in [0.29, 0.717) is 19.5 Å². The number of carboxylic acid groups (broad SMARTS) is 1. The Bertz CT molecular complexity index is 327. The van der Waals surface area contributed by atoms with Crippen LogP contribution in [0.2, 0.25) is 0 Å². The van der Waals surface area contributed by atoms with E-state index < -0.39 is 11.6 Å². The normalized spacial score (nSPS) is 12.1. The largest absolute Gasteiger partial charge is 0.481 e. The molecule has 0 fully saturated rings. The molecule has 0 heterocycles. The lowest BCUT2D eigenvalue weighted by Gasteiger charge is -2.25.